The van der Waals surface area contributed by atoms with Crippen LogP contribution < -0.4 is 0 Å². The van der Waals surface area contributed by atoms with Gasteiger partial charge in [-0.05, 0) is 23.6 Å². The zero-order chi connectivity index (χ0) is 8.81. The molecule has 0 unspecified atom stereocenters. The third-order valence-electron chi connectivity index (χ3n) is 1.50. The first-order chi connectivity index (χ1) is 5.84. The summed E-state index contributed by atoms with van der Waals surface area (Å²) in [6, 6.07) is 7.92. The van der Waals surface area contributed by atoms with Crippen molar-refractivity contribution < 1.29 is 0 Å². The minimum absolute atomic E-state index is 0.513. The number of azide groups is 1. The Morgan fingerprint density at radius 3 is 2.83 bits per heavy atom. The summed E-state index contributed by atoms with van der Waals surface area (Å²) in [4.78, 5) is 2.69. The van der Waals surface area contributed by atoms with Crippen LogP contribution in [0.5, 0.6) is 0 Å². The van der Waals surface area contributed by atoms with Gasteiger partial charge in [0.15, 0.2) is 0 Å². The van der Waals surface area contributed by atoms with Gasteiger partial charge in [0.1, 0.15) is 0 Å². The van der Waals surface area contributed by atoms with Crippen LogP contribution in [0.4, 0.5) is 0 Å². The lowest BCUT2D eigenvalue weighted by Crippen LogP contribution is -1.88. The Kier molecular flexibility index (Phi) is 3.64. The number of rotatable bonds is 3. The van der Waals surface area contributed by atoms with Crippen LogP contribution in [0, 0.1) is 0 Å². The molecule has 62 valence electrons. The highest BCUT2D eigenvalue weighted by molar-refractivity contribution is 9.10. The van der Waals surface area contributed by atoms with Gasteiger partial charge in [0.25, 0.3) is 0 Å². The third kappa shape index (κ3) is 2.57. The first-order valence-corrected chi connectivity index (χ1v) is 4.38. The Labute approximate surface area is 79.2 Å². The summed E-state index contributed by atoms with van der Waals surface area (Å²) in [7, 11) is 0. The molecule has 0 aliphatic carbocycles. The number of nitrogens with zero attached hydrogens (tertiary/aromatic N) is 3. The van der Waals surface area contributed by atoms with Crippen LogP contribution in [0.25, 0.3) is 10.4 Å². The molecule has 0 radical (unpaired) electrons. The molecule has 4 heteroatoms. The van der Waals surface area contributed by atoms with E-state index >= 15 is 0 Å². The highest BCUT2D eigenvalue weighted by Crippen LogP contribution is 2.15. The van der Waals surface area contributed by atoms with Crippen molar-refractivity contribution in [2.75, 3.05) is 6.54 Å². The van der Waals surface area contributed by atoms with Crippen LogP contribution in [0.15, 0.2) is 33.9 Å². The second kappa shape index (κ2) is 4.80. The molecule has 3 nitrogen and oxygen atoms in total. The van der Waals surface area contributed by atoms with E-state index in [1.165, 1.54) is 5.56 Å². The fourth-order valence-electron chi connectivity index (χ4n) is 0.916. The maximum Gasteiger partial charge on any atom is 0.0298 e. The second-order valence-electron chi connectivity index (χ2n) is 2.30. The number of hydrogen-bond acceptors (Lipinski definition) is 1. The number of halogens is 1. The van der Waals surface area contributed by atoms with E-state index in [1.807, 2.05) is 24.3 Å². The highest BCUT2D eigenvalue weighted by atomic mass is 79.9. The molecule has 0 amide bonds. The van der Waals surface area contributed by atoms with Crippen molar-refractivity contribution in [3.8, 4) is 0 Å². The zero-order valence-corrected chi connectivity index (χ0v) is 8.03. The van der Waals surface area contributed by atoms with Gasteiger partial charge in [0.05, 0.1) is 0 Å². The van der Waals surface area contributed by atoms with Crippen LogP contribution in [0.2, 0.25) is 0 Å². The van der Waals surface area contributed by atoms with E-state index in [9.17, 15) is 0 Å². The second-order valence-corrected chi connectivity index (χ2v) is 3.15. The molecule has 1 aromatic rings. The molecule has 0 atom stereocenters. The lowest BCUT2D eigenvalue weighted by molar-refractivity contribution is 0.951. The summed E-state index contributed by atoms with van der Waals surface area (Å²) in [5.74, 6) is 0. The maximum atomic E-state index is 8.06. The van der Waals surface area contributed by atoms with Gasteiger partial charge < -0.3 is 0 Å². The average molecular weight is 226 g/mol. The molecule has 0 N–H and O–H groups in total. The third-order valence-corrected chi connectivity index (χ3v) is 2.28. The smallest absolute Gasteiger partial charge is 0.0298 e. The van der Waals surface area contributed by atoms with Crippen molar-refractivity contribution in [1.29, 1.82) is 0 Å². The van der Waals surface area contributed by atoms with Gasteiger partial charge in [-0.15, -0.1) is 0 Å². The molecule has 12 heavy (non-hydrogen) atoms. The van der Waals surface area contributed by atoms with Crippen LogP contribution in [-0.2, 0) is 6.42 Å². The summed E-state index contributed by atoms with van der Waals surface area (Å²) in [5, 5.41) is 3.47. The summed E-state index contributed by atoms with van der Waals surface area (Å²) in [5.41, 5.74) is 9.23. The first-order valence-electron chi connectivity index (χ1n) is 3.59. The van der Waals surface area contributed by atoms with E-state index in [1.54, 1.807) is 0 Å². The molecule has 0 heterocycles. The van der Waals surface area contributed by atoms with Crippen LogP contribution >= 0.6 is 15.9 Å². The molecule has 1 rings (SSSR count). The van der Waals surface area contributed by atoms with Crippen LogP contribution in [-0.4, -0.2) is 6.54 Å². The van der Waals surface area contributed by atoms with Crippen LogP contribution in [0.1, 0.15) is 5.56 Å². The van der Waals surface area contributed by atoms with Gasteiger partial charge in [-0.1, -0.05) is 39.2 Å². The fraction of sp³-hybridized carbons (Fsp3) is 0.250. The van der Waals surface area contributed by atoms with E-state index < -0.39 is 0 Å². The summed E-state index contributed by atoms with van der Waals surface area (Å²) >= 11 is 3.41. The zero-order valence-electron chi connectivity index (χ0n) is 6.44. The van der Waals surface area contributed by atoms with E-state index in [0.29, 0.717) is 6.54 Å². The van der Waals surface area contributed by atoms with E-state index in [0.717, 1.165) is 10.9 Å². The van der Waals surface area contributed by atoms with Crippen molar-refractivity contribution in [3.63, 3.8) is 0 Å². The van der Waals surface area contributed by atoms with Crippen LogP contribution in [0.3, 0.4) is 0 Å². The fourth-order valence-corrected chi connectivity index (χ4v) is 1.40. The molecule has 1 aromatic carbocycles. The van der Waals surface area contributed by atoms with Gasteiger partial charge in [0.2, 0.25) is 0 Å². The molecular weight excluding hydrogens is 218 g/mol. The Morgan fingerprint density at radius 1 is 1.42 bits per heavy atom. The predicted molar refractivity (Wildman–Crippen MR) is 51.9 cm³/mol. The molecule has 0 fully saturated rings. The minimum atomic E-state index is 0.513. The van der Waals surface area contributed by atoms with Gasteiger partial charge in [-0.3, -0.25) is 0 Å². The van der Waals surface area contributed by atoms with Gasteiger partial charge in [-0.25, -0.2) is 0 Å². The van der Waals surface area contributed by atoms with E-state index in [4.69, 9.17) is 5.53 Å². The molecule has 0 aliphatic heterocycles. The Hall–Kier alpha value is -0.990. The molecule has 0 aliphatic rings. The molecular formula is C8H8BrN3. The first kappa shape index (κ1) is 9.10. The average Bonchev–Trinajstić information content (AvgIpc) is 2.09. The number of benzene rings is 1. The topological polar surface area (TPSA) is 48.8 Å². The quantitative estimate of drug-likeness (QED) is 0.431. The van der Waals surface area contributed by atoms with E-state index in [-0.39, 0.29) is 0 Å². The standard InChI is InChI=1S/C8H8BrN3/c9-8-4-2-1-3-7(8)5-6-11-12-10/h1-4H,5-6H2. The Morgan fingerprint density at radius 2 is 2.17 bits per heavy atom. The largest absolute Gasteiger partial charge is 0.0936 e. The maximum absolute atomic E-state index is 8.06. The minimum Gasteiger partial charge on any atom is -0.0936 e. The van der Waals surface area contributed by atoms with Gasteiger partial charge in [-0.2, -0.15) is 0 Å². The Balaban J connectivity index is 2.62. The van der Waals surface area contributed by atoms with Crippen molar-refractivity contribution in [3.05, 3.63) is 44.7 Å². The lowest BCUT2D eigenvalue weighted by Gasteiger charge is -1.99. The molecule has 0 saturated heterocycles. The van der Waals surface area contributed by atoms with Crippen molar-refractivity contribution >= 4 is 15.9 Å². The molecule has 0 aromatic heterocycles. The van der Waals surface area contributed by atoms with Gasteiger partial charge in [0, 0.05) is 15.9 Å². The van der Waals surface area contributed by atoms with Crippen molar-refractivity contribution in [2.24, 2.45) is 5.11 Å². The molecule has 0 saturated carbocycles. The van der Waals surface area contributed by atoms with E-state index in [2.05, 4.69) is 26.0 Å². The van der Waals surface area contributed by atoms with Crippen molar-refractivity contribution in [1.82, 2.24) is 0 Å². The number of hydrogen-bond donors (Lipinski definition) is 0. The SMILES string of the molecule is [N-]=[N+]=NCCc1ccccc1Br. The molecule has 0 spiro atoms. The predicted octanol–water partition coefficient (Wildman–Crippen LogP) is 3.30. The monoisotopic (exact) mass is 225 g/mol. The highest BCUT2D eigenvalue weighted by Gasteiger charge is 1.95. The summed E-state index contributed by atoms with van der Waals surface area (Å²) < 4.78 is 1.07. The van der Waals surface area contributed by atoms with Gasteiger partial charge >= 0.3 is 0 Å². The normalized spacial score (nSPS) is 9.08. The summed E-state index contributed by atoms with van der Waals surface area (Å²) in [6.07, 6.45) is 0.783. The Bertz CT molecular complexity index is 305. The summed E-state index contributed by atoms with van der Waals surface area (Å²) in [6.45, 7) is 0.513. The molecule has 0 bridgehead atoms. The lowest BCUT2D eigenvalue weighted by atomic mass is 10.2. The van der Waals surface area contributed by atoms with Crippen molar-refractivity contribution in [2.45, 2.75) is 6.42 Å².